The molecule has 0 saturated heterocycles. The molecule has 1 aromatic carbocycles. The van der Waals surface area contributed by atoms with Gasteiger partial charge in [-0.05, 0) is 12.5 Å². The standard InChI is InChI=1S/C14H15N3O2S/c1-9-7-12(18)17(14(16-9)19-2)8-10-5-3-4-6-11(10)13(15)20/h3-7H,8H2,1-2H3,(H2,15,20). The minimum Gasteiger partial charge on any atom is -0.468 e. The van der Waals surface area contributed by atoms with E-state index in [1.165, 1.54) is 17.7 Å². The Balaban J connectivity index is 2.51. The second-order valence-corrected chi connectivity index (χ2v) is 4.77. The van der Waals surface area contributed by atoms with Crippen molar-refractivity contribution < 1.29 is 4.74 Å². The van der Waals surface area contributed by atoms with E-state index in [2.05, 4.69) is 4.98 Å². The Labute approximate surface area is 122 Å². The van der Waals surface area contributed by atoms with Crippen molar-refractivity contribution in [3.63, 3.8) is 0 Å². The van der Waals surface area contributed by atoms with E-state index in [4.69, 9.17) is 22.7 Å². The average Bonchev–Trinajstić information content (AvgIpc) is 2.41. The van der Waals surface area contributed by atoms with Crippen LogP contribution in [0.2, 0.25) is 0 Å². The molecular weight excluding hydrogens is 274 g/mol. The van der Waals surface area contributed by atoms with Crippen LogP contribution < -0.4 is 16.0 Å². The number of ether oxygens (including phenoxy) is 1. The lowest BCUT2D eigenvalue weighted by Crippen LogP contribution is -2.24. The molecule has 2 aromatic rings. The molecule has 1 heterocycles. The van der Waals surface area contributed by atoms with Crippen molar-refractivity contribution in [1.82, 2.24) is 9.55 Å². The molecule has 2 rings (SSSR count). The SMILES string of the molecule is COc1nc(C)cc(=O)n1Cc1ccccc1C(N)=S. The van der Waals surface area contributed by atoms with Crippen molar-refractivity contribution in [2.24, 2.45) is 5.73 Å². The summed E-state index contributed by atoms with van der Waals surface area (Å²) in [4.78, 5) is 16.6. The summed E-state index contributed by atoms with van der Waals surface area (Å²) in [6.07, 6.45) is 0. The van der Waals surface area contributed by atoms with Gasteiger partial charge >= 0.3 is 0 Å². The number of nitrogens with zero attached hydrogens (tertiary/aromatic N) is 2. The van der Waals surface area contributed by atoms with Crippen LogP contribution in [-0.2, 0) is 6.54 Å². The van der Waals surface area contributed by atoms with E-state index in [0.29, 0.717) is 17.2 Å². The molecule has 0 radical (unpaired) electrons. The van der Waals surface area contributed by atoms with E-state index in [-0.39, 0.29) is 11.6 Å². The summed E-state index contributed by atoms with van der Waals surface area (Å²) < 4.78 is 6.62. The molecule has 0 spiro atoms. The van der Waals surface area contributed by atoms with Crippen LogP contribution in [0.4, 0.5) is 0 Å². The largest absolute Gasteiger partial charge is 0.468 e. The first kappa shape index (κ1) is 14.2. The first-order valence-electron chi connectivity index (χ1n) is 6.03. The predicted octanol–water partition coefficient (Wildman–Crippen LogP) is 1.24. The zero-order chi connectivity index (χ0) is 14.7. The van der Waals surface area contributed by atoms with Crippen molar-refractivity contribution >= 4 is 17.2 Å². The smallest absolute Gasteiger partial charge is 0.299 e. The van der Waals surface area contributed by atoms with Crippen molar-refractivity contribution in [1.29, 1.82) is 0 Å². The fourth-order valence-corrected chi connectivity index (χ4v) is 2.16. The molecule has 20 heavy (non-hydrogen) atoms. The van der Waals surface area contributed by atoms with E-state index >= 15 is 0 Å². The zero-order valence-corrected chi connectivity index (χ0v) is 12.1. The topological polar surface area (TPSA) is 70.1 Å². The van der Waals surface area contributed by atoms with Gasteiger partial charge in [0.25, 0.3) is 11.6 Å². The summed E-state index contributed by atoms with van der Waals surface area (Å²) >= 11 is 5.02. The van der Waals surface area contributed by atoms with Crippen LogP contribution in [0.3, 0.4) is 0 Å². The second kappa shape index (κ2) is 5.83. The van der Waals surface area contributed by atoms with Gasteiger partial charge < -0.3 is 10.5 Å². The van der Waals surface area contributed by atoms with Crippen LogP contribution in [0.5, 0.6) is 6.01 Å². The van der Waals surface area contributed by atoms with E-state index in [1.807, 2.05) is 24.3 Å². The van der Waals surface area contributed by atoms with Gasteiger partial charge in [0.1, 0.15) is 4.99 Å². The van der Waals surface area contributed by atoms with Crippen LogP contribution in [0.1, 0.15) is 16.8 Å². The number of hydrogen-bond donors (Lipinski definition) is 1. The Hall–Kier alpha value is -2.21. The summed E-state index contributed by atoms with van der Waals surface area (Å²) in [6, 6.07) is 9.16. The molecule has 0 amide bonds. The van der Waals surface area contributed by atoms with Crippen LogP contribution in [-0.4, -0.2) is 21.6 Å². The maximum absolute atomic E-state index is 12.1. The first-order valence-corrected chi connectivity index (χ1v) is 6.44. The molecule has 0 bridgehead atoms. The fourth-order valence-electron chi connectivity index (χ4n) is 1.96. The van der Waals surface area contributed by atoms with Gasteiger partial charge in [-0.2, -0.15) is 0 Å². The molecule has 0 aliphatic rings. The Kier molecular flexibility index (Phi) is 4.14. The van der Waals surface area contributed by atoms with Gasteiger partial charge in [0.2, 0.25) is 0 Å². The summed E-state index contributed by atoms with van der Waals surface area (Å²) in [6.45, 7) is 2.06. The van der Waals surface area contributed by atoms with Crippen LogP contribution >= 0.6 is 12.2 Å². The third-order valence-corrected chi connectivity index (χ3v) is 3.12. The normalized spacial score (nSPS) is 10.3. The highest BCUT2D eigenvalue weighted by molar-refractivity contribution is 7.80. The third-order valence-electron chi connectivity index (χ3n) is 2.90. The molecule has 1 aromatic heterocycles. The summed E-state index contributed by atoms with van der Waals surface area (Å²) in [5.41, 5.74) is 7.74. The molecule has 0 atom stereocenters. The first-order chi connectivity index (χ1) is 9.52. The summed E-state index contributed by atoms with van der Waals surface area (Å²) in [5.74, 6) is 0. The van der Waals surface area contributed by atoms with Crippen LogP contribution in [0.25, 0.3) is 0 Å². The lowest BCUT2D eigenvalue weighted by Gasteiger charge is -2.13. The number of nitrogens with two attached hydrogens (primary N) is 1. The number of hydrogen-bond acceptors (Lipinski definition) is 4. The van der Waals surface area contributed by atoms with E-state index in [1.54, 1.807) is 6.92 Å². The average molecular weight is 289 g/mol. The molecule has 104 valence electrons. The second-order valence-electron chi connectivity index (χ2n) is 4.33. The lowest BCUT2D eigenvalue weighted by molar-refractivity contribution is 0.350. The van der Waals surface area contributed by atoms with Crippen LogP contribution in [0.15, 0.2) is 35.1 Å². The molecule has 6 heteroatoms. The Morgan fingerprint density at radius 2 is 2.15 bits per heavy atom. The molecule has 0 fully saturated rings. The van der Waals surface area contributed by atoms with Crippen molar-refractivity contribution in [2.45, 2.75) is 13.5 Å². The molecule has 5 nitrogen and oxygen atoms in total. The highest BCUT2D eigenvalue weighted by Crippen LogP contribution is 2.13. The predicted molar refractivity (Wildman–Crippen MR) is 81.2 cm³/mol. The molecular formula is C14H15N3O2S. The van der Waals surface area contributed by atoms with Crippen molar-refractivity contribution in [3.05, 3.63) is 57.5 Å². The molecule has 0 aliphatic heterocycles. The van der Waals surface area contributed by atoms with Gasteiger partial charge in [0, 0.05) is 17.3 Å². The number of thiocarbonyl (C=S) groups is 1. The van der Waals surface area contributed by atoms with Crippen molar-refractivity contribution in [2.75, 3.05) is 7.11 Å². The minimum atomic E-state index is -0.174. The fraction of sp³-hybridized carbons (Fsp3) is 0.214. The Morgan fingerprint density at radius 3 is 2.80 bits per heavy atom. The number of aromatic nitrogens is 2. The minimum absolute atomic E-state index is 0.174. The van der Waals surface area contributed by atoms with Gasteiger partial charge in [-0.1, -0.05) is 36.5 Å². The molecule has 0 saturated carbocycles. The highest BCUT2D eigenvalue weighted by atomic mass is 32.1. The van der Waals surface area contributed by atoms with Crippen molar-refractivity contribution in [3.8, 4) is 6.01 Å². The Bertz CT molecular complexity index is 710. The third kappa shape index (κ3) is 2.85. The Morgan fingerprint density at radius 1 is 1.45 bits per heavy atom. The van der Waals surface area contributed by atoms with Gasteiger partial charge in [0.05, 0.1) is 13.7 Å². The van der Waals surface area contributed by atoms with E-state index < -0.39 is 0 Å². The molecule has 0 aliphatic carbocycles. The van der Waals surface area contributed by atoms with E-state index in [0.717, 1.165) is 11.1 Å². The lowest BCUT2D eigenvalue weighted by atomic mass is 10.1. The molecule has 0 unspecified atom stereocenters. The summed E-state index contributed by atoms with van der Waals surface area (Å²) in [5, 5.41) is 0. The summed E-state index contributed by atoms with van der Waals surface area (Å²) in [7, 11) is 1.48. The maximum atomic E-state index is 12.1. The van der Waals surface area contributed by atoms with Crippen LogP contribution in [0, 0.1) is 6.92 Å². The monoisotopic (exact) mass is 289 g/mol. The maximum Gasteiger partial charge on any atom is 0.299 e. The van der Waals surface area contributed by atoms with Gasteiger partial charge in [-0.15, -0.1) is 0 Å². The number of rotatable bonds is 4. The molecule has 2 N–H and O–H groups in total. The van der Waals surface area contributed by atoms with Gasteiger partial charge in [0.15, 0.2) is 0 Å². The van der Waals surface area contributed by atoms with Gasteiger partial charge in [-0.3, -0.25) is 9.36 Å². The van der Waals surface area contributed by atoms with Gasteiger partial charge in [-0.25, -0.2) is 4.98 Å². The number of methoxy groups -OCH3 is 1. The number of benzene rings is 1. The number of aryl methyl sites for hydroxylation is 1. The quantitative estimate of drug-likeness (QED) is 0.858. The zero-order valence-electron chi connectivity index (χ0n) is 11.3. The highest BCUT2D eigenvalue weighted by Gasteiger charge is 2.11. The van der Waals surface area contributed by atoms with E-state index in [9.17, 15) is 4.79 Å².